The summed E-state index contributed by atoms with van der Waals surface area (Å²) in [5.41, 5.74) is 2.45. The number of hydrogen-bond donors (Lipinski definition) is 0. The van der Waals surface area contributed by atoms with Crippen LogP contribution >= 0.6 is 15.9 Å². The van der Waals surface area contributed by atoms with Gasteiger partial charge in [-0.15, -0.1) is 0 Å². The Balaban J connectivity index is 1.36. The Hall–Kier alpha value is -1.76. The lowest BCUT2D eigenvalue weighted by molar-refractivity contribution is 0.121. The predicted molar refractivity (Wildman–Crippen MR) is 97.7 cm³/mol. The molecule has 0 bridgehead atoms. The first-order chi connectivity index (χ1) is 11.8. The molecule has 1 aromatic carbocycles. The molecule has 0 atom stereocenters. The molecule has 3 heterocycles. The fourth-order valence-electron chi connectivity index (χ4n) is 3.16. The van der Waals surface area contributed by atoms with Crippen molar-refractivity contribution in [1.29, 1.82) is 0 Å². The van der Waals surface area contributed by atoms with Crippen molar-refractivity contribution in [2.24, 2.45) is 0 Å². The number of hydrogen-bond acceptors (Lipinski definition) is 4. The zero-order valence-corrected chi connectivity index (χ0v) is 15.1. The molecule has 0 spiro atoms. The number of piperazine rings is 1. The Kier molecular flexibility index (Phi) is 4.60. The maximum Gasteiger partial charge on any atom is 0.234 e. The van der Waals surface area contributed by atoms with E-state index in [1.165, 1.54) is 5.56 Å². The molecule has 0 unspecified atom stereocenters. The molecule has 0 saturated carbocycles. The number of halogens is 1. The van der Waals surface area contributed by atoms with E-state index in [-0.39, 0.29) is 0 Å². The van der Waals surface area contributed by atoms with Crippen LogP contribution in [0.15, 0.2) is 53.4 Å². The monoisotopic (exact) mass is 385 g/mol. The third-order valence-corrected chi connectivity index (χ3v) is 5.34. The summed E-state index contributed by atoms with van der Waals surface area (Å²) < 4.78 is 3.00. The molecule has 6 heteroatoms. The van der Waals surface area contributed by atoms with Gasteiger partial charge in [0.15, 0.2) is 0 Å². The molecule has 2 aromatic heterocycles. The van der Waals surface area contributed by atoms with Crippen LogP contribution in [0.5, 0.6) is 0 Å². The second kappa shape index (κ2) is 7.01. The lowest BCUT2D eigenvalue weighted by Crippen LogP contribution is -2.45. The van der Waals surface area contributed by atoms with Gasteiger partial charge in [-0.25, -0.2) is 9.97 Å². The largest absolute Gasteiger partial charge is 0.297 e. The van der Waals surface area contributed by atoms with Crippen molar-refractivity contribution in [2.45, 2.75) is 13.1 Å². The van der Waals surface area contributed by atoms with Gasteiger partial charge in [-0.2, -0.15) is 0 Å². The van der Waals surface area contributed by atoms with Gasteiger partial charge in [-0.05, 0) is 27.6 Å². The summed E-state index contributed by atoms with van der Waals surface area (Å²) in [6.45, 7) is 6.23. The van der Waals surface area contributed by atoms with Crippen molar-refractivity contribution in [3.05, 3.63) is 64.7 Å². The normalized spacial score (nSPS) is 16.7. The average Bonchev–Trinajstić information content (AvgIpc) is 2.94. The summed E-state index contributed by atoms with van der Waals surface area (Å²) in [7, 11) is 0. The molecule has 24 heavy (non-hydrogen) atoms. The van der Waals surface area contributed by atoms with Crippen LogP contribution in [0.3, 0.4) is 0 Å². The van der Waals surface area contributed by atoms with Crippen LogP contribution in [0.2, 0.25) is 0 Å². The Morgan fingerprint density at radius 1 is 0.917 bits per heavy atom. The van der Waals surface area contributed by atoms with E-state index in [0.29, 0.717) is 0 Å². The van der Waals surface area contributed by atoms with Gasteiger partial charge in [-0.1, -0.05) is 30.3 Å². The highest BCUT2D eigenvalue weighted by atomic mass is 79.9. The minimum Gasteiger partial charge on any atom is -0.297 e. The molecule has 1 aliphatic rings. The maximum atomic E-state index is 4.64. The minimum atomic E-state index is 0.752. The van der Waals surface area contributed by atoms with Gasteiger partial charge in [0.25, 0.3) is 0 Å². The van der Waals surface area contributed by atoms with Crippen molar-refractivity contribution in [3.63, 3.8) is 0 Å². The molecule has 4 rings (SSSR count). The van der Waals surface area contributed by atoms with E-state index in [1.54, 1.807) is 6.20 Å². The zero-order valence-electron chi connectivity index (χ0n) is 13.5. The van der Waals surface area contributed by atoms with Crippen molar-refractivity contribution < 1.29 is 0 Å². The van der Waals surface area contributed by atoms with Gasteiger partial charge in [-0.3, -0.25) is 14.2 Å². The fourth-order valence-corrected chi connectivity index (χ4v) is 3.66. The zero-order chi connectivity index (χ0) is 16.4. The third-order valence-electron chi connectivity index (χ3n) is 4.50. The number of aromatic nitrogens is 3. The van der Waals surface area contributed by atoms with Crippen LogP contribution in [-0.4, -0.2) is 50.3 Å². The van der Waals surface area contributed by atoms with E-state index < -0.39 is 0 Å². The number of nitrogens with zero attached hydrogens (tertiary/aromatic N) is 5. The maximum absolute atomic E-state index is 4.64. The molecule has 0 aliphatic carbocycles. The summed E-state index contributed by atoms with van der Waals surface area (Å²) in [6, 6.07) is 12.6. The smallest absolute Gasteiger partial charge is 0.234 e. The number of benzene rings is 1. The van der Waals surface area contributed by atoms with E-state index in [4.69, 9.17) is 0 Å². The van der Waals surface area contributed by atoms with Gasteiger partial charge >= 0.3 is 0 Å². The summed E-state index contributed by atoms with van der Waals surface area (Å²) in [4.78, 5) is 13.9. The van der Waals surface area contributed by atoms with Crippen molar-refractivity contribution in [3.8, 4) is 0 Å². The standard InChI is InChI=1S/C18H20BrN5/c19-17-16(21-18-20-7-4-8-24(17)18)14-23-11-9-22(10-12-23)13-15-5-2-1-3-6-15/h1-8H,9-14H2. The topological polar surface area (TPSA) is 36.7 Å². The van der Waals surface area contributed by atoms with Crippen LogP contribution < -0.4 is 0 Å². The summed E-state index contributed by atoms with van der Waals surface area (Å²) in [5.74, 6) is 0.752. The Bertz CT molecular complexity index is 809. The van der Waals surface area contributed by atoms with Crippen LogP contribution in [0, 0.1) is 0 Å². The molecule has 0 amide bonds. The van der Waals surface area contributed by atoms with Gasteiger partial charge in [0.2, 0.25) is 5.78 Å². The lowest BCUT2D eigenvalue weighted by Gasteiger charge is -2.34. The molecule has 5 nitrogen and oxygen atoms in total. The quantitative estimate of drug-likeness (QED) is 0.691. The van der Waals surface area contributed by atoms with Crippen LogP contribution in [-0.2, 0) is 13.1 Å². The van der Waals surface area contributed by atoms with E-state index in [0.717, 1.165) is 55.3 Å². The third kappa shape index (κ3) is 3.36. The molecule has 0 N–H and O–H groups in total. The molecule has 1 fully saturated rings. The molecular formula is C18H20BrN5. The number of rotatable bonds is 4. The van der Waals surface area contributed by atoms with Gasteiger partial charge < -0.3 is 0 Å². The van der Waals surface area contributed by atoms with Crippen molar-refractivity contribution in [1.82, 2.24) is 24.2 Å². The fraction of sp³-hybridized carbons (Fsp3) is 0.333. The summed E-state index contributed by atoms with van der Waals surface area (Å²) in [6.07, 6.45) is 3.77. The van der Waals surface area contributed by atoms with Gasteiger partial charge in [0.1, 0.15) is 4.60 Å². The highest BCUT2D eigenvalue weighted by Crippen LogP contribution is 2.20. The molecule has 1 saturated heterocycles. The van der Waals surface area contributed by atoms with Gasteiger partial charge in [0, 0.05) is 51.7 Å². The van der Waals surface area contributed by atoms with Crippen LogP contribution in [0.4, 0.5) is 0 Å². The van der Waals surface area contributed by atoms with Crippen molar-refractivity contribution >= 4 is 21.7 Å². The highest BCUT2D eigenvalue weighted by molar-refractivity contribution is 9.10. The molecule has 3 aromatic rings. The van der Waals surface area contributed by atoms with E-state index in [9.17, 15) is 0 Å². The number of fused-ring (bicyclic) bond motifs is 1. The van der Waals surface area contributed by atoms with Crippen LogP contribution in [0.1, 0.15) is 11.3 Å². The second-order valence-electron chi connectivity index (χ2n) is 6.18. The van der Waals surface area contributed by atoms with Crippen LogP contribution in [0.25, 0.3) is 5.78 Å². The average molecular weight is 386 g/mol. The van der Waals surface area contributed by atoms with E-state index >= 15 is 0 Å². The highest BCUT2D eigenvalue weighted by Gasteiger charge is 2.20. The lowest BCUT2D eigenvalue weighted by atomic mass is 10.2. The first-order valence-corrected chi connectivity index (χ1v) is 9.05. The van der Waals surface area contributed by atoms with Crippen molar-refractivity contribution in [2.75, 3.05) is 26.2 Å². The Labute approximate surface area is 150 Å². The van der Waals surface area contributed by atoms with E-state index in [2.05, 4.69) is 66.0 Å². The first-order valence-electron chi connectivity index (χ1n) is 8.26. The Morgan fingerprint density at radius 2 is 1.62 bits per heavy atom. The molecule has 124 valence electrons. The first kappa shape index (κ1) is 15.7. The SMILES string of the molecule is Brc1c(CN2CCN(Cc3ccccc3)CC2)nc2ncccn12. The summed E-state index contributed by atoms with van der Waals surface area (Å²) >= 11 is 3.66. The summed E-state index contributed by atoms with van der Waals surface area (Å²) in [5, 5.41) is 0. The van der Waals surface area contributed by atoms with E-state index in [1.807, 2.05) is 16.7 Å². The minimum absolute atomic E-state index is 0.752. The Morgan fingerprint density at radius 3 is 2.33 bits per heavy atom. The second-order valence-corrected chi connectivity index (χ2v) is 6.93. The van der Waals surface area contributed by atoms with Gasteiger partial charge in [0.05, 0.1) is 5.69 Å². The predicted octanol–water partition coefficient (Wildman–Crippen LogP) is 2.81. The molecular weight excluding hydrogens is 366 g/mol. The molecule has 0 radical (unpaired) electrons. The number of imidazole rings is 1. The molecule has 1 aliphatic heterocycles.